The van der Waals surface area contributed by atoms with Crippen LogP contribution in [0.3, 0.4) is 0 Å². The molecule has 3 aromatic rings. The van der Waals surface area contributed by atoms with Crippen LogP contribution in [0.15, 0.2) is 48.5 Å². The van der Waals surface area contributed by atoms with Crippen molar-refractivity contribution in [3.05, 3.63) is 64.1 Å². The van der Waals surface area contributed by atoms with Crippen LogP contribution < -0.4 is 4.74 Å². The van der Waals surface area contributed by atoms with Crippen LogP contribution in [-0.2, 0) is 0 Å². The second kappa shape index (κ2) is 6.11. The van der Waals surface area contributed by atoms with Crippen LogP contribution in [0.1, 0.15) is 10.4 Å². The standard InChI is InChI=1S/C18H12Cl2O3/c1-23-17-13(18(21)22)9-14(19)15(16(17)20)12-8-4-6-10-5-2-3-7-11(10)12/h2-9H,1H3,(H,21,22). The summed E-state index contributed by atoms with van der Waals surface area (Å²) >= 11 is 12.8. The molecular weight excluding hydrogens is 335 g/mol. The summed E-state index contributed by atoms with van der Waals surface area (Å²) < 4.78 is 5.20. The van der Waals surface area contributed by atoms with E-state index in [1.54, 1.807) is 0 Å². The Bertz CT molecular complexity index is 914. The van der Waals surface area contributed by atoms with Crippen LogP contribution in [0.4, 0.5) is 0 Å². The van der Waals surface area contributed by atoms with Gasteiger partial charge in [-0.15, -0.1) is 0 Å². The minimum Gasteiger partial charge on any atom is -0.494 e. The first-order chi connectivity index (χ1) is 11.0. The molecule has 0 aliphatic heterocycles. The molecule has 116 valence electrons. The van der Waals surface area contributed by atoms with Crippen LogP contribution in [0.25, 0.3) is 21.9 Å². The average Bonchev–Trinajstić information content (AvgIpc) is 2.54. The first-order valence-electron chi connectivity index (χ1n) is 6.82. The summed E-state index contributed by atoms with van der Waals surface area (Å²) in [7, 11) is 1.38. The lowest BCUT2D eigenvalue weighted by Crippen LogP contribution is -2.02. The Morgan fingerprint density at radius 1 is 1.09 bits per heavy atom. The van der Waals surface area contributed by atoms with Crippen LogP contribution in [0.2, 0.25) is 10.0 Å². The molecule has 0 radical (unpaired) electrons. The predicted octanol–water partition coefficient (Wildman–Crippen LogP) is 5.52. The molecule has 0 atom stereocenters. The first-order valence-corrected chi connectivity index (χ1v) is 7.57. The van der Waals surface area contributed by atoms with E-state index in [0.29, 0.717) is 5.56 Å². The molecule has 0 heterocycles. The molecule has 3 aromatic carbocycles. The van der Waals surface area contributed by atoms with E-state index in [1.165, 1.54) is 13.2 Å². The minimum atomic E-state index is -1.14. The fraction of sp³-hybridized carbons (Fsp3) is 0.0556. The molecule has 1 N–H and O–H groups in total. The van der Waals surface area contributed by atoms with Crippen molar-refractivity contribution in [1.29, 1.82) is 0 Å². The number of rotatable bonds is 3. The van der Waals surface area contributed by atoms with Crippen LogP contribution in [-0.4, -0.2) is 18.2 Å². The van der Waals surface area contributed by atoms with Gasteiger partial charge in [0.2, 0.25) is 0 Å². The molecule has 23 heavy (non-hydrogen) atoms. The van der Waals surface area contributed by atoms with E-state index in [9.17, 15) is 9.90 Å². The number of carboxylic acid groups (broad SMARTS) is 1. The minimum absolute atomic E-state index is 0.0634. The Hall–Kier alpha value is -2.23. The van der Waals surface area contributed by atoms with Gasteiger partial charge in [-0.2, -0.15) is 0 Å². The number of carboxylic acids is 1. The number of hydrogen-bond acceptors (Lipinski definition) is 2. The summed E-state index contributed by atoms with van der Waals surface area (Å²) in [5.41, 5.74) is 1.33. The smallest absolute Gasteiger partial charge is 0.339 e. The number of methoxy groups -OCH3 is 1. The molecule has 0 aliphatic rings. The van der Waals surface area contributed by atoms with Gasteiger partial charge in [0.1, 0.15) is 5.56 Å². The molecule has 0 aromatic heterocycles. The zero-order valence-corrected chi connectivity index (χ0v) is 13.7. The Balaban J connectivity index is 2.38. The predicted molar refractivity (Wildman–Crippen MR) is 92.9 cm³/mol. The lowest BCUT2D eigenvalue weighted by Gasteiger charge is -2.15. The third-order valence-electron chi connectivity index (χ3n) is 3.67. The van der Waals surface area contributed by atoms with E-state index in [-0.39, 0.29) is 21.4 Å². The van der Waals surface area contributed by atoms with Crippen LogP contribution in [0, 0.1) is 0 Å². The van der Waals surface area contributed by atoms with Crippen molar-refractivity contribution in [2.75, 3.05) is 7.11 Å². The van der Waals surface area contributed by atoms with Gasteiger partial charge in [-0.3, -0.25) is 0 Å². The Kier molecular flexibility index (Phi) is 4.16. The second-order valence-corrected chi connectivity index (χ2v) is 5.75. The SMILES string of the molecule is COc1c(C(=O)O)cc(Cl)c(-c2cccc3ccccc23)c1Cl. The third kappa shape index (κ3) is 2.62. The van der Waals surface area contributed by atoms with E-state index in [0.717, 1.165) is 16.3 Å². The summed E-state index contributed by atoms with van der Waals surface area (Å²) in [6.45, 7) is 0. The molecule has 0 fully saturated rings. The van der Waals surface area contributed by atoms with E-state index in [1.807, 2.05) is 42.5 Å². The highest BCUT2D eigenvalue weighted by atomic mass is 35.5. The van der Waals surface area contributed by atoms with E-state index < -0.39 is 5.97 Å². The molecule has 0 unspecified atom stereocenters. The molecule has 0 saturated carbocycles. The molecule has 0 bridgehead atoms. The number of hydrogen-bond donors (Lipinski definition) is 1. The summed E-state index contributed by atoms with van der Waals surface area (Å²) in [5.74, 6) is -1.04. The van der Waals surface area contributed by atoms with Gasteiger partial charge in [0.05, 0.1) is 17.2 Å². The van der Waals surface area contributed by atoms with Gasteiger partial charge in [-0.25, -0.2) is 4.79 Å². The van der Waals surface area contributed by atoms with Gasteiger partial charge in [0.25, 0.3) is 0 Å². The van der Waals surface area contributed by atoms with E-state index >= 15 is 0 Å². The van der Waals surface area contributed by atoms with Gasteiger partial charge < -0.3 is 9.84 Å². The Morgan fingerprint density at radius 2 is 1.78 bits per heavy atom. The number of aromatic carboxylic acids is 1. The van der Waals surface area contributed by atoms with Gasteiger partial charge in [0.15, 0.2) is 5.75 Å². The summed E-state index contributed by atoms with van der Waals surface area (Å²) in [6.07, 6.45) is 0. The molecule has 0 aliphatic carbocycles. The second-order valence-electron chi connectivity index (χ2n) is 4.96. The summed E-state index contributed by atoms with van der Waals surface area (Å²) in [5, 5.41) is 11.8. The van der Waals surface area contributed by atoms with Crippen molar-refractivity contribution in [2.24, 2.45) is 0 Å². The Labute approximate surface area is 143 Å². The van der Waals surface area contributed by atoms with Crippen molar-refractivity contribution < 1.29 is 14.6 Å². The zero-order chi connectivity index (χ0) is 16.6. The highest BCUT2D eigenvalue weighted by Gasteiger charge is 2.22. The molecule has 0 spiro atoms. The normalized spacial score (nSPS) is 10.7. The molecule has 3 nitrogen and oxygen atoms in total. The number of benzene rings is 3. The summed E-state index contributed by atoms with van der Waals surface area (Å²) in [6, 6.07) is 15.0. The van der Waals surface area contributed by atoms with E-state index in [4.69, 9.17) is 27.9 Å². The van der Waals surface area contributed by atoms with Crippen molar-refractivity contribution in [3.63, 3.8) is 0 Å². The number of halogens is 2. The fourth-order valence-corrected chi connectivity index (χ4v) is 3.39. The first kappa shape index (κ1) is 15.7. The number of ether oxygens (including phenoxy) is 1. The van der Waals surface area contributed by atoms with Gasteiger partial charge in [-0.05, 0) is 22.4 Å². The molecule has 5 heteroatoms. The lowest BCUT2D eigenvalue weighted by molar-refractivity contribution is 0.0693. The Morgan fingerprint density at radius 3 is 2.48 bits per heavy atom. The topological polar surface area (TPSA) is 46.5 Å². The molecule has 3 rings (SSSR count). The largest absolute Gasteiger partial charge is 0.494 e. The maximum atomic E-state index is 11.3. The lowest BCUT2D eigenvalue weighted by atomic mass is 9.96. The molecular formula is C18H12Cl2O3. The highest BCUT2D eigenvalue weighted by Crippen LogP contribution is 2.44. The van der Waals surface area contributed by atoms with Gasteiger partial charge >= 0.3 is 5.97 Å². The zero-order valence-electron chi connectivity index (χ0n) is 12.1. The molecule has 0 amide bonds. The highest BCUT2D eigenvalue weighted by molar-refractivity contribution is 6.41. The van der Waals surface area contributed by atoms with Crippen molar-refractivity contribution >= 4 is 39.9 Å². The van der Waals surface area contributed by atoms with Crippen LogP contribution in [0.5, 0.6) is 5.75 Å². The maximum absolute atomic E-state index is 11.3. The van der Waals surface area contributed by atoms with Crippen molar-refractivity contribution in [2.45, 2.75) is 0 Å². The number of carbonyl (C=O) groups is 1. The monoisotopic (exact) mass is 346 g/mol. The van der Waals surface area contributed by atoms with Crippen molar-refractivity contribution in [3.8, 4) is 16.9 Å². The molecule has 0 saturated heterocycles. The maximum Gasteiger partial charge on any atom is 0.339 e. The van der Waals surface area contributed by atoms with Gasteiger partial charge in [-0.1, -0.05) is 65.7 Å². The summed E-state index contributed by atoms with van der Waals surface area (Å²) in [4.78, 5) is 11.3. The quantitative estimate of drug-likeness (QED) is 0.678. The van der Waals surface area contributed by atoms with Gasteiger partial charge in [0, 0.05) is 5.56 Å². The van der Waals surface area contributed by atoms with Crippen LogP contribution >= 0.6 is 23.2 Å². The fourth-order valence-electron chi connectivity index (χ4n) is 2.65. The van der Waals surface area contributed by atoms with E-state index in [2.05, 4.69) is 0 Å². The third-order valence-corrected chi connectivity index (χ3v) is 4.33. The number of fused-ring (bicyclic) bond motifs is 1. The van der Waals surface area contributed by atoms with Crippen molar-refractivity contribution in [1.82, 2.24) is 0 Å². The average molecular weight is 347 g/mol.